The van der Waals surface area contributed by atoms with Crippen LogP contribution in [0.5, 0.6) is 0 Å². The van der Waals surface area contributed by atoms with Crippen LogP contribution in [0.4, 0.5) is 5.69 Å². The van der Waals surface area contributed by atoms with Crippen molar-refractivity contribution in [1.29, 1.82) is 0 Å². The third kappa shape index (κ3) is 2.88. The van der Waals surface area contributed by atoms with Crippen molar-refractivity contribution in [3.05, 3.63) is 41.2 Å². The van der Waals surface area contributed by atoms with Crippen LogP contribution in [-0.4, -0.2) is 39.4 Å². The lowest BCUT2D eigenvalue weighted by Gasteiger charge is -2.15. The number of carbonyl (C=O) groups is 3. The highest BCUT2D eigenvalue weighted by atomic mass is 35.5. The number of aromatic nitrogens is 3. The molecule has 1 aliphatic heterocycles. The Bertz CT molecular complexity index is 819. The summed E-state index contributed by atoms with van der Waals surface area (Å²) in [5.74, 6) is -1.46. The van der Waals surface area contributed by atoms with E-state index in [1.807, 2.05) is 0 Å². The molecule has 9 heteroatoms. The number of amides is 2. The first-order valence-corrected chi connectivity index (χ1v) is 7.60. The first kappa shape index (κ1) is 16.1. The Morgan fingerprint density at radius 1 is 1.42 bits per heavy atom. The fraction of sp³-hybridized carbons (Fsp3) is 0.267. The lowest BCUT2D eigenvalue weighted by Crippen LogP contribution is -2.31. The van der Waals surface area contributed by atoms with Crippen molar-refractivity contribution in [1.82, 2.24) is 15.0 Å². The molecule has 1 atom stereocenters. The molecule has 1 aromatic heterocycles. The van der Waals surface area contributed by atoms with Crippen molar-refractivity contribution >= 4 is 35.1 Å². The predicted octanol–water partition coefficient (Wildman–Crippen LogP) is 1.61. The highest BCUT2D eigenvalue weighted by Crippen LogP contribution is 2.30. The van der Waals surface area contributed by atoms with E-state index in [9.17, 15) is 14.4 Å². The Kier molecular flexibility index (Phi) is 4.30. The summed E-state index contributed by atoms with van der Waals surface area (Å²) >= 11 is 5.91. The Labute approximate surface area is 141 Å². The molecule has 0 N–H and O–H groups in total. The monoisotopic (exact) mass is 348 g/mol. The Hall–Kier alpha value is -2.74. The summed E-state index contributed by atoms with van der Waals surface area (Å²) in [6, 6.07) is 5.60. The first-order chi connectivity index (χ1) is 11.5. The van der Waals surface area contributed by atoms with E-state index in [0.717, 1.165) is 4.90 Å². The van der Waals surface area contributed by atoms with Gasteiger partial charge in [-0.1, -0.05) is 22.9 Å². The van der Waals surface area contributed by atoms with Crippen molar-refractivity contribution in [3.63, 3.8) is 0 Å². The number of rotatable bonds is 4. The number of hydrogen-bond acceptors (Lipinski definition) is 6. The second-order valence-corrected chi connectivity index (χ2v) is 5.51. The van der Waals surface area contributed by atoms with E-state index in [1.165, 1.54) is 16.9 Å². The molecule has 124 valence electrons. The van der Waals surface area contributed by atoms with Crippen molar-refractivity contribution in [2.24, 2.45) is 0 Å². The van der Waals surface area contributed by atoms with E-state index in [-0.39, 0.29) is 24.6 Å². The van der Waals surface area contributed by atoms with E-state index in [2.05, 4.69) is 10.3 Å². The van der Waals surface area contributed by atoms with Crippen LogP contribution < -0.4 is 4.90 Å². The van der Waals surface area contributed by atoms with Crippen LogP contribution in [0.2, 0.25) is 5.02 Å². The maximum Gasteiger partial charge on any atom is 0.360 e. The van der Waals surface area contributed by atoms with Gasteiger partial charge in [-0.15, -0.1) is 5.10 Å². The van der Waals surface area contributed by atoms with E-state index in [1.54, 1.807) is 25.1 Å². The van der Waals surface area contributed by atoms with Crippen molar-refractivity contribution in [2.45, 2.75) is 19.4 Å². The van der Waals surface area contributed by atoms with Gasteiger partial charge in [0.15, 0.2) is 5.69 Å². The van der Waals surface area contributed by atoms with Crippen LogP contribution >= 0.6 is 11.6 Å². The largest absolute Gasteiger partial charge is 0.461 e. The zero-order valence-corrected chi connectivity index (χ0v) is 13.4. The van der Waals surface area contributed by atoms with Gasteiger partial charge in [0.1, 0.15) is 6.04 Å². The Balaban J connectivity index is 1.85. The SMILES string of the molecule is CCOC(=O)c1cn([C@@H]2CC(=O)N(c3cccc(Cl)c3)C2=O)nn1. The first-order valence-electron chi connectivity index (χ1n) is 7.22. The number of benzene rings is 1. The summed E-state index contributed by atoms with van der Waals surface area (Å²) in [7, 11) is 0. The molecule has 1 aliphatic rings. The Morgan fingerprint density at radius 2 is 2.21 bits per heavy atom. The minimum atomic E-state index is -0.854. The lowest BCUT2D eigenvalue weighted by atomic mass is 10.2. The van der Waals surface area contributed by atoms with Crippen LogP contribution in [0.25, 0.3) is 0 Å². The summed E-state index contributed by atoms with van der Waals surface area (Å²) in [6.45, 7) is 1.87. The molecule has 0 unspecified atom stereocenters. The number of halogens is 1. The van der Waals surface area contributed by atoms with Gasteiger partial charge in [0.05, 0.1) is 24.9 Å². The molecule has 8 nitrogen and oxygen atoms in total. The summed E-state index contributed by atoms with van der Waals surface area (Å²) in [4.78, 5) is 37.5. The maximum absolute atomic E-state index is 12.6. The van der Waals surface area contributed by atoms with Crippen LogP contribution in [-0.2, 0) is 14.3 Å². The van der Waals surface area contributed by atoms with E-state index >= 15 is 0 Å². The topological polar surface area (TPSA) is 94.4 Å². The van der Waals surface area contributed by atoms with Crippen LogP contribution in [0.15, 0.2) is 30.5 Å². The molecular weight excluding hydrogens is 336 g/mol. The van der Waals surface area contributed by atoms with Crippen LogP contribution in [0, 0.1) is 0 Å². The molecule has 0 aliphatic carbocycles. The van der Waals surface area contributed by atoms with Gasteiger partial charge in [-0.3, -0.25) is 9.59 Å². The summed E-state index contributed by atoms with van der Waals surface area (Å²) in [5, 5.41) is 7.88. The predicted molar refractivity (Wildman–Crippen MR) is 83.6 cm³/mol. The normalized spacial score (nSPS) is 17.4. The molecule has 0 saturated carbocycles. The molecule has 2 aromatic rings. The van der Waals surface area contributed by atoms with Crippen LogP contribution in [0.1, 0.15) is 29.9 Å². The number of anilines is 1. The third-order valence-corrected chi connectivity index (χ3v) is 3.74. The molecule has 2 heterocycles. The molecular formula is C15H13ClN4O4. The fourth-order valence-electron chi connectivity index (χ4n) is 2.44. The standard InChI is InChI=1S/C15H13ClN4O4/c1-2-24-15(23)11-8-19(18-17-11)12-7-13(21)20(14(12)22)10-5-3-4-9(16)6-10/h3-6,8,12H,2,7H2,1H3/t12-/m1/s1. The maximum atomic E-state index is 12.6. The van der Waals surface area contributed by atoms with Gasteiger partial charge in [0, 0.05) is 5.02 Å². The van der Waals surface area contributed by atoms with Gasteiger partial charge in [0.2, 0.25) is 5.91 Å². The second-order valence-electron chi connectivity index (χ2n) is 5.07. The van der Waals surface area contributed by atoms with Gasteiger partial charge in [-0.25, -0.2) is 14.4 Å². The summed E-state index contributed by atoms with van der Waals surface area (Å²) in [5.41, 5.74) is 0.379. The highest BCUT2D eigenvalue weighted by Gasteiger charge is 2.41. The molecule has 1 saturated heterocycles. The zero-order valence-electron chi connectivity index (χ0n) is 12.7. The molecule has 1 fully saturated rings. The van der Waals surface area contributed by atoms with E-state index in [0.29, 0.717) is 10.7 Å². The number of esters is 1. The number of carbonyl (C=O) groups excluding carboxylic acids is 3. The molecule has 0 bridgehead atoms. The van der Waals surface area contributed by atoms with Crippen LogP contribution in [0.3, 0.4) is 0 Å². The van der Waals surface area contributed by atoms with Gasteiger partial charge >= 0.3 is 5.97 Å². The third-order valence-electron chi connectivity index (χ3n) is 3.50. The van der Waals surface area contributed by atoms with Gasteiger partial charge in [-0.2, -0.15) is 0 Å². The zero-order chi connectivity index (χ0) is 17.3. The molecule has 1 aromatic carbocycles. The van der Waals surface area contributed by atoms with Gasteiger partial charge < -0.3 is 4.74 Å². The van der Waals surface area contributed by atoms with E-state index < -0.39 is 17.9 Å². The molecule has 24 heavy (non-hydrogen) atoms. The van der Waals surface area contributed by atoms with Gasteiger partial charge in [0.25, 0.3) is 5.91 Å². The second kappa shape index (κ2) is 6.40. The van der Waals surface area contributed by atoms with Gasteiger partial charge in [-0.05, 0) is 25.1 Å². The molecule has 2 amide bonds. The average Bonchev–Trinajstić information content (AvgIpc) is 3.12. The molecule has 0 spiro atoms. The summed E-state index contributed by atoms with van der Waals surface area (Å²) < 4.78 is 6.03. The minimum Gasteiger partial charge on any atom is -0.461 e. The quantitative estimate of drug-likeness (QED) is 0.615. The average molecular weight is 349 g/mol. The van der Waals surface area contributed by atoms with Crippen molar-refractivity contribution in [2.75, 3.05) is 11.5 Å². The minimum absolute atomic E-state index is 0.0155. The number of imide groups is 1. The van der Waals surface area contributed by atoms with E-state index in [4.69, 9.17) is 16.3 Å². The highest BCUT2D eigenvalue weighted by molar-refractivity contribution is 6.31. The number of hydrogen-bond donors (Lipinski definition) is 0. The smallest absolute Gasteiger partial charge is 0.360 e. The summed E-state index contributed by atoms with van der Waals surface area (Å²) in [6.07, 6.45) is 1.23. The Morgan fingerprint density at radius 3 is 2.92 bits per heavy atom. The van der Waals surface area contributed by atoms with Crippen molar-refractivity contribution < 1.29 is 19.1 Å². The number of ether oxygens (including phenoxy) is 1. The van der Waals surface area contributed by atoms with Crippen molar-refractivity contribution in [3.8, 4) is 0 Å². The molecule has 0 radical (unpaired) electrons. The fourth-order valence-corrected chi connectivity index (χ4v) is 2.62. The number of nitrogens with zero attached hydrogens (tertiary/aromatic N) is 4. The molecule has 3 rings (SSSR count). The lowest BCUT2D eigenvalue weighted by molar-refractivity contribution is -0.122.